The number of ether oxygens (including phenoxy) is 1. The average molecular weight is 274 g/mol. The smallest absolute Gasteiger partial charge is 0.196 e. The molecule has 5 heteroatoms. The van der Waals surface area contributed by atoms with Gasteiger partial charge in [0.05, 0.1) is 6.61 Å². The summed E-state index contributed by atoms with van der Waals surface area (Å²) in [5.41, 5.74) is 2.93. The van der Waals surface area contributed by atoms with Gasteiger partial charge in [-0.1, -0.05) is 20.8 Å². The fraction of sp³-hybridized carbons (Fsp3) is 0.846. The molecule has 0 aliphatic heterocycles. The molecule has 0 amide bonds. The second-order valence-corrected chi connectivity index (χ2v) is 10.8. The van der Waals surface area contributed by atoms with Crippen LogP contribution in [0, 0.1) is 0 Å². The minimum Gasteiger partial charge on any atom is -0.479 e. The van der Waals surface area contributed by atoms with Gasteiger partial charge in [0.1, 0.15) is 0 Å². The lowest BCUT2D eigenvalue weighted by Crippen LogP contribution is -2.41. The van der Waals surface area contributed by atoms with Crippen molar-refractivity contribution in [1.82, 2.24) is 10.4 Å². The zero-order valence-corrected chi connectivity index (χ0v) is 14.1. The molecule has 0 fully saturated rings. The standard InChI is InChI=1S/C13H30N2O2Si/c1-12(15(6)14-5)16-10-9-11-17-18(7,8)13(2,3)4/h14H,1,9-11H2,2-8H3. The van der Waals surface area contributed by atoms with Crippen molar-refractivity contribution >= 4 is 8.32 Å². The third-order valence-corrected chi connectivity index (χ3v) is 8.07. The summed E-state index contributed by atoms with van der Waals surface area (Å²) in [6, 6.07) is 0. The summed E-state index contributed by atoms with van der Waals surface area (Å²) in [6.45, 7) is 16.5. The van der Waals surface area contributed by atoms with Gasteiger partial charge in [-0.2, -0.15) is 0 Å². The lowest BCUT2D eigenvalue weighted by Gasteiger charge is -2.36. The molecule has 0 unspecified atom stereocenters. The minimum atomic E-state index is -1.61. The highest BCUT2D eigenvalue weighted by Gasteiger charge is 2.36. The number of hydrogen-bond donors (Lipinski definition) is 1. The molecule has 0 atom stereocenters. The first-order chi connectivity index (χ1) is 8.12. The van der Waals surface area contributed by atoms with Crippen molar-refractivity contribution in [3.8, 4) is 0 Å². The molecule has 0 saturated carbocycles. The highest BCUT2D eigenvalue weighted by atomic mass is 28.4. The average Bonchev–Trinajstić information content (AvgIpc) is 2.25. The van der Waals surface area contributed by atoms with Gasteiger partial charge < -0.3 is 9.16 Å². The van der Waals surface area contributed by atoms with Crippen LogP contribution >= 0.6 is 0 Å². The highest BCUT2D eigenvalue weighted by molar-refractivity contribution is 6.74. The first-order valence-electron chi connectivity index (χ1n) is 6.48. The van der Waals surface area contributed by atoms with Crippen LogP contribution in [0.3, 0.4) is 0 Å². The summed E-state index contributed by atoms with van der Waals surface area (Å²) in [7, 11) is 2.09. The fourth-order valence-electron chi connectivity index (χ4n) is 1.01. The Morgan fingerprint density at radius 2 is 1.83 bits per heavy atom. The second kappa shape index (κ2) is 7.16. The summed E-state index contributed by atoms with van der Waals surface area (Å²) < 4.78 is 11.6. The van der Waals surface area contributed by atoms with E-state index in [4.69, 9.17) is 9.16 Å². The van der Waals surface area contributed by atoms with Crippen LogP contribution in [-0.2, 0) is 9.16 Å². The van der Waals surface area contributed by atoms with Crippen molar-refractivity contribution in [1.29, 1.82) is 0 Å². The summed E-state index contributed by atoms with van der Waals surface area (Å²) >= 11 is 0. The van der Waals surface area contributed by atoms with Crippen LogP contribution in [0.2, 0.25) is 18.1 Å². The van der Waals surface area contributed by atoms with Gasteiger partial charge in [0.2, 0.25) is 0 Å². The lowest BCUT2D eigenvalue weighted by atomic mass is 10.2. The van der Waals surface area contributed by atoms with Crippen molar-refractivity contribution < 1.29 is 9.16 Å². The fourth-order valence-corrected chi connectivity index (χ4v) is 2.10. The molecule has 1 N–H and O–H groups in total. The molecule has 0 aliphatic rings. The van der Waals surface area contributed by atoms with Gasteiger partial charge in [0.25, 0.3) is 0 Å². The first kappa shape index (κ1) is 17.5. The van der Waals surface area contributed by atoms with Gasteiger partial charge in [0.15, 0.2) is 14.2 Å². The Morgan fingerprint density at radius 1 is 1.28 bits per heavy atom. The van der Waals surface area contributed by atoms with E-state index in [9.17, 15) is 0 Å². The molecule has 0 saturated heterocycles. The van der Waals surface area contributed by atoms with Crippen LogP contribution in [0.25, 0.3) is 0 Å². The van der Waals surface area contributed by atoms with Gasteiger partial charge in [-0.25, -0.2) is 5.43 Å². The lowest BCUT2D eigenvalue weighted by molar-refractivity contribution is 0.0961. The van der Waals surface area contributed by atoms with E-state index >= 15 is 0 Å². The molecule has 4 nitrogen and oxygen atoms in total. The van der Waals surface area contributed by atoms with Gasteiger partial charge in [-0.15, -0.1) is 0 Å². The molecule has 0 aromatic carbocycles. The Balaban J connectivity index is 3.79. The van der Waals surface area contributed by atoms with Crippen LogP contribution in [0.1, 0.15) is 27.2 Å². The van der Waals surface area contributed by atoms with Crippen molar-refractivity contribution in [2.75, 3.05) is 27.3 Å². The maximum absolute atomic E-state index is 6.06. The number of nitrogens with zero attached hydrogens (tertiary/aromatic N) is 1. The molecule has 0 heterocycles. The molecule has 0 aromatic rings. The molecule has 0 aliphatic carbocycles. The molecule has 18 heavy (non-hydrogen) atoms. The Bertz CT molecular complexity index is 262. The van der Waals surface area contributed by atoms with E-state index < -0.39 is 8.32 Å². The van der Waals surface area contributed by atoms with E-state index in [1.165, 1.54) is 0 Å². The number of nitrogens with one attached hydrogen (secondary N) is 1. The van der Waals surface area contributed by atoms with Crippen molar-refractivity contribution in [2.24, 2.45) is 0 Å². The Labute approximate surface area is 113 Å². The highest BCUT2D eigenvalue weighted by Crippen LogP contribution is 2.36. The Kier molecular flexibility index (Phi) is 6.95. The predicted octanol–water partition coefficient (Wildman–Crippen LogP) is 2.95. The number of rotatable bonds is 8. The maximum atomic E-state index is 6.06. The monoisotopic (exact) mass is 274 g/mol. The number of hydrazine groups is 1. The quantitative estimate of drug-likeness (QED) is 0.319. The van der Waals surface area contributed by atoms with E-state index in [1.54, 1.807) is 5.01 Å². The van der Waals surface area contributed by atoms with Crippen molar-refractivity contribution in [3.63, 3.8) is 0 Å². The molecular formula is C13H30N2O2Si. The summed E-state index contributed by atoms with van der Waals surface area (Å²) in [4.78, 5) is 0. The topological polar surface area (TPSA) is 33.7 Å². The molecule has 0 radical (unpaired) electrons. The molecule has 0 rings (SSSR count). The summed E-state index contributed by atoms with van der Waals surface area (Å²) in [5, 5.41) is 2.01. The van der Waals surface area contributed by atoms with E-state index in [-0.39, 0.29) is 5.04 Å². The normalized spacial score (nSPS) is 12.4. The van der Waals surface area contributed by atoms with Crippen molar-refractivity contribution in [3.05, 3.63) is 12.5 Å². The second-order valence-electron chi connectivity index (χ2n) is 5.99. The van der Waals surface area contributed by atoms with E-state index in [1.807, 2.05) is 14.1 Å². The zero-order valence-electron chi connectivity index (χ0n) is 13.1. The van der Waals surface area contributed by atoms with Gasteiger partial charge in [-0.05, 0) is 24.7 Å². The number of hydrogen-bond acceptors (Lipinski definition) is 4. The van der Waals surface area contributed by atoms with E-state index in [0.29, 0.717) is 12.5 Å². The van der Waals surface area contributed by atoms with E-state index in [2.05, 4.69) is 45.9 Å². The van der Waals surface area contributed by atoms with Gasteiger partial charge >= 0.3 is 0 Å². The van der Waals surface area contributed by atoms with Crippen LogP contribution in [0.15, 0.2) is 12.5 Å². The molecule has 0 bridgehead atoms. The van der Waals surface area contributed by atoms with Crippen LogP contribution < -0.4 is 5.43 Å². The van der Waals surface area contributed by atoms with E-state index in [0.717, 1.165) is 13.0 Å². The SMILES string of the molecule is C=C(OCCCO[Si](C)(C)C(C)(C)C)N(C)NC. The molecule has 0 aromatic heterocycles. The summed E-state index contributed by atoms with van der Waals surface area (Å²) in [5.74, 6) is 0.629. The summed E-state index contributed by atoms with van der Waals surface area (Å²) in [6.07, 6.45) is 0.892. The van der Waals surface area contributed by atoms with Gasteiger partial charge in [0, 0.05) is 27.1 Å². The zero-order chi connectivity index (χ0) is 14.4. The first-order valence-corrected chi connectivity index (χ1v) is 9.39. The van der Waals surface area contributed by atoms with Crippen LogP contribution in [0.4, 0.5) is 0 Å². The molecule has 0 spiro atoms. The predicted molar refractivity (Wildman–Crippen MR) is 79.7 cm³/mol. The molecular weight excluding hydrogens is 244 g/mol. The third kappa shape index (κ3) is 5.89. The van der Waals surface area contributed by atoms with Gasteiger partial charge in [-0.3, -0.25) is 5.01 Å². The van der Waals surface area contributed by atoms with Crippen LogP contribution in [0.5, 0.6) is 0 Å². The molecule has 108 valence electrons. The van der Waals surface area contributed by atoms with Crippen molar-refractivity contribution in [2.45, 2.75) is 45.3 Å². The maximum Gasteiger partial charge on any atom is 0.196 e. The minimum absolute atomic E-state index is 0.268. The Morgan fingerprint density at radius 3 is 2.28 bits per heavy atom. The largest absolute Gasteiger partial charge is 0.479 e. The van der Waals surface area contributed by atoms with Crippen LogP contribution in [-0.4, -0.2) is 40.6 Å². The third-order valence-electron chi connectivity index (χ3n) is 3.54. The Hall–Kier alpha value is -0.523.